The van der Waals surface area contributed by atoms with Crippen LogP contribution in [-0.2, 0) is 4.79 Å². The van der Waals surface area contributed by atoms with Gasteiger partial charge in [-0.05, 0) is 24.6 Å². The summed E-state index contributed by atoms with van der Waals surface area (Å²) in [5.74, 6) is -0.592. The highest BCUT2D eigenvalue weighted by Gasteiger charge is 2.29. The smallest absolute Gasteiger partial charge is 0.235 e. The van der Waals surface area contributed by atoms with Crippen molar-refractivity contribution in [3.8, 4) is 0 Å². The van der Waals surface area contributed by atoms with Crippen molar-refractivity contribution in [2.24, 2.45) is 5.73 Å². The lowest BCUT2D eigenvalue weighted by atomic mass is 9.84. The second-order valence-electron chi connectivity index (χ2n) is 5.84. The van der Waals surface area contributed by atoms with E-state index >= 15 is 0 Å². The Morgan fingerprint density at radius 2 is 1.60 bits per heavy atom. The average Bonchev–Trinajstić information content (AvgIpc) is 2.65. The molecule has 128 valence electrons. The zero-order chi connectivity index (χ0) is 18.0. The van der Waals surface area contributed by atoms with E-state index in [4.69, 9.17) is 5.73 Å². The maximum Gasteiger partial charge on any atom is 0.235 e. The van der Waals surface area contributed by atoms with E-state index in [9.17, 15) is 14.4 Å². The van der Waals surface area contributed by atoms with E-state index in [0.29, 0.717) is 34.4 Å². The van der Waals surface area contributed by atoms with Crippen LogP contribution in [0.15, 0.2) is 42.5 Å². The van der Waals surface area contributed by atoms with Gasteiger partial charge in [0.2, 0.25) is 5.91 Å². The summed E-state index contributed by atoms with van der Waals surface area (Å²) < 4.78 is 0. The third-order valence-corrected chi connectivity index (χ3v) is 4.19. The number of carbonyl (C=O) groups excluding carboxylic acids is 3. The van der Waals surface area contributed by atoms with E-state index in [-0.39, 0.29) is 30.2 Å². The van der Waals surface area contributed by atoms with Crippen LogP contribution in [0, 0.1) is 0 Å². The topological polar surface area (TPSA) is 101 Å². The molecule has 0 heterocycles. The van der Waals surface area contributed by atoms with E-state index < -0.39 is 0 Å². The Balaban J connectivity index is 1.91. The van der Waals surface area contributed by atoms with Crippen LogP contribution in [0.3, 0.4) is 0 Å². The monoisotopic (exact) mass is 337 g/mol. The predicted molar refractivity (Wildman–Crippen MR) is 94.6 cm³/mol. The highest BCUT2D eigenvalue weighted by Crippen LogP contribution is 2.29. The number of carbonyl (C=O) groups is 3. The molecule has 1 atom stereocenters. The van der Waals surface area contributed by atoms with Gasteiger partial charge in [0.25, 0.3) is 0 Å². The molecule has 0 fully saturated rings. The van der Waals surface area contributed by atoms with Crippen molar-refractivity contribution in [3.63, 3.8) is 0 Å². The van der Waals surface area contributed by atoms with E-state index in [1.165, 1.54) is 0 Å². The Hall–Kier alpha value is -2.99. The van der Waals surface area contributed by atoms with Gasteiger partial charge in [-0.2, -0.15) is 0 Å². The minimum Gasteiger partial charge on any atom is -0.365 e. The lowest BCUT2D eigenvalue weighted by Gasteiger charge is -2.22. The molecule has 25 heavy (non-hydrogen) atoms. The second-order valence-corrected chi connectivity index (χ2v) is 5.84. The van der Waals surface area contributed by atoms with Gasteiger partial charge in [-0.15, -0.1) is 0 Å². The van der Waals surface area contributed by atoms with Crippen LogP contribution in [0.1, 0.15) is 45.2 Å². The van der Waals surface area contributed by atoms with Crippen LogP contribution < -0.4 is 16.4 Å². The molecule has 0 radical (unpaired) electrons. The van der Waals surface area contributed by atoms with E-state index in [1.807, 2.05) is 6.92 Å². The molecule has 0 aliphatic heterocycles. The molecule has 0 saturated heterocycles. The van der Waals surface area contributed by atoms with Crippen molar-refractivity contribution in [2.75, 3.05) is 11.9 Å². The fraction of sp³-hybridized carbons (Fsp3) is 0.211. The molecule has 4 N–H and O–H groups in total. The molecule has 1 unspecified atom stereocenters. The fourth-order valence-corrected chi connectivity index (χ4v) is 2.88. The number of hydrogen-bond acceptors (Lipinski definition) is 5. The number of nitrogens with two attached hydrogens (primary N) is 1. The highest BCUT2D eigenvalue weighted by atomic mass is 16.2. The van der Waals surface area contributed by atoms with Gasteiger partial charge in [0.05, 0.1) is 12.7 Å². The maximum absolute atomic E-state index is 12.7. The lowest BCUT2D eigenvalue weighted by molar-refractivity contribution is -0.120. The third kappa shape index (κ3) is 3.16. The summed E-state index contributed by atoms with van der Waals surface area (Å²) in [5.41, 5.74) is 7.59. The van der Waals surface area contributed by atoms with Gasteiger partial charge in [0.1, 0.15) is 0 Å². The first-order valence-corrected chi connectivity index (χ1v) is 8.13. The van der Waals surface area contributed by atoms with Crippen molar-refractivity contribution in [3.05, 3.63) is 64.7 Å². The Kier molecular flexibility index (Phi) is 4.63. The van der Waals surface area contributed by atoms with Crippen molar-refractivity contribution in [1.82, 2.24) is 5.32 Å². The van der Waals surface area contributed by atoms with Crippen LogP contribution in [0.5, 0.6) is 0 Å². The Morgan fingerprint density at radius 1 is 1.00 bits per heavy atom. The van der Waals surface area contributed by atoms with Gasteiger partial charge in [-0.1, -0.05) is 31.2 Å². The van der Waals surface area contributed by atoms with Gasteiger partial charge in [-0.3, -0.25) is 14.4 Å². The molecule has 1 aliphatic rings. The van der Waals surface area contributed by atoms with E-state index in [0.717, 1.165) is 0 Å². The molecule has 2 aromatic carbocycles. The minimum atomic E-state index is -0.309. The molecule has 0 bridgehead atoms. The van der Waals surface area contributed by atoms with Gasteiger partial charge in [0.15, 0.2) is 11.6 Å². The molecule has 2 aromatic rings. The van der Waals surface area contributed by atoms with Gasteiger partial charge < -0.3 is 16.4 Å². The first-order chi connectivity index (χ1) is 12.0. The van der Waals surface area contributed by atoms with Crippen LogP contribution in [0.4, 0.5) is 5.69 Å². The summed E-state index contributed by atoms with van der Waals surface area (Å²) >= 11 is 0. The molecule has 6 heteroatoms. The van der Waals surface area contributed by atoms with Crippen LogP contribution in [-0.4, -0.2) is 30.2 Å². The largest absolute Gasteiger partial charge is 0.365 e. The van der Waals surface area contributed by atoms with Crippen molar-refractivity contribution in [2.45, 2.75) is 19.5 Å². The van der Waals surface area contributed by atoms with Crippen molar-refractivity contribution < 1.29 is 14.4 Å². The number of anilines is 1. The Bertz CT molecular complexity index is 861. The third-order valence-electron chi connectivity index (χ3n) is 4.19. The van der Waals surface area contributed by atoms with Gasteiger partial charge >= 0.3 is 0 Å². The summed E-state index contributed by atoms with van der Waals surface area (Å²) in [4.78, 5) is 36.8. The van der Waals surface area contributed by atoms with E-state index in [1.54, 1.807) is 42.5 Å². The molecule has 0 spiro atoms. The molecule has 0 saturated carbocycles. The summed E-state index contributed by atoms with van der Waals surface area (Å²) in [5, 5.41) is 5.91. The normalized spacial score (nSPS) is 13.7. The zero-order valence-corrected chi connectivity index (χ0v) is 13.8. The second kappa shape index (κ2) is 6.86. The number of fused-ring (bicyclic) bond motifs is 2. The molecule has 0 aromatic heterocycles. The average molecular weight is 337 g/mol. The summed E-state index contributed by atoms with van der Waals surface area (Å²) in [7, 11) is 0. The SMILES string of the molecule is CCC(NC(=O)CN)Nc1ccc2c(c1)C(=O)c1ccccc1C2=O. The molecule has 1 amide bonds. The van der Waals surface area contributed by atoms with Crippen LogP contribution in [0.25, 0.3) is 0 Å². The molecular weight excluding hydrogens is 318 g/mol. The first-order valence-electron chi connectivity index (χ1n) is 8.13. The van der Waals surface area contributed by atoms with Gasteiger partial charge in [0, 0.05) is 27.9 Å². The van der Waals surface area contributed by atoms with Crippen molar-refractivity contribution in [1.29, 1.82) is 0 Å². The molecule has 1 aliphatic carbocycles. The molecule has 3 rings (SSSR count). The Labute approximate surface area is 145 Å². The van der Waals surface area contributed by atoms with Crippen LogP contribution >= 0.6 is 0 Å². The number of rotatable bonds is 5. The maximum atomic E-state index is 12.7. The Morgan fingerprint density at radius 3 is 2.20 bits per heavy atom. The predicted octanol–water partition coefficient (Wildman–Crippen LogP) is 1.68. The van der Waals surface area contributed by atoms with Crippen LogP contribution in [0.2, 0.25) is 0 Å². The van der Waals surface area contributed by atoms with E-state index in [2.05, 4.69) is 10.6 Å². The standard InChI is InChI=1S/C19H19N3O3/c1-2-16(22-17(23)10-20)21-11-7-8-14-15(9-11)19(25)13-6-4-3-5-12(13)18(14)24/h3-9,16,21H,2,10,20H2,1H3,(H,22,23). The van der Waals surface area contributed by atoms with Gasteiger partial charge in [-0.25, -0.2) is 0 Å². The fourth-order valence-electron chi connectivity index (χ4n) is 2.88. The molecule has 6 nitrogen and oxygen atoms in total. The zero-order valence-electron chi connectivity index (χ0n) is 13.8. The van der Waals surface area contributed by atoms with Crippen molar-refractivity contribution >= 4 is 23.2 Å². The first kappa shape index (κ1) is 16.9. The lowest BCUT2D eigenvalue weighted by Crippen LogP contribution is -2.42. The summed E-state index contributed by atoms with van der Waals surface area (Å²) in [6.07, 6.45) is 0.328. The highest BCUT2D eigenvalue weighted by molar-refractivity contribution is 6.28. The summed E-state index contributed by atoms with van der Waals surface area (Å²) in [6.45, 7) is 1.82. The number of benzene rings is 2. The molecular formula is C19H19N3O3. The quantitative estimate of drug-likeness (QED) is 0.615. The minimum absolute atomic E-state index is 0.0911. The summed E-state index contributed by atoms with van der Waals surface area (Å²) in [6, 6.07) is 11.8. The number of hydrogen-bond donors (Lipinski definition) is 3. The number of nitrogens with one attached hydrogen (secondary N) is 2. The number of ketones is 2. The number of amides is 1.